The Morgan fingerprint density at radius 1 is 1.58 bits per heavy atom. The van der Waals surface area contributed by atoms with Gasteiger partial charge in [0.25, 0.3) is 5.24 Å². The molecule has 0 unspecified atom stereocenters. The molecule has 1 aromatic carbocycles. The zero-order valence-electron chi connectivity index (χ0n) is 6.40. The van der Waals surface area contributed by atoms with Crippen LogP contribution >= 0.6 is 27.5 Å². The van der Waals surface area contributed by atoms with E-state index in [0.29, 0.717) is 11.3 Å². The average Bonchev–Trinajstić information content (AvgIpc) is 1.96. The van der Waals surface area contributed by atoms with Crippen molar-refractivity contribution in [2.24, 2.45) is 0 Å². The maximum absolute atomic E-state index is 10.8. The van der Waals surface area contributed by atoms with Gasteiger partial charge in [-0.2, -0.15) is 0 Å². The van der Waals surface area contributed by atoms with Crippen molar-refractivity contribution < 1.29 is 4.79 Å². The van der Waals surface area contributed by atoms with Crippen molar-refractivity contribution in [1.82, 2.24) is 0 Å². The van der Waals surface area contributed by atoms with E-state index in [9.17, 15) is 4.79 Å². The first-order valence-electron chi connectivity index (χ1n) is 3.28. The van der Waals surface area contributed by atoms with Crippen LogP contribution in [0.2, 0.25) is 0 Å². The quantitative estimate of drug-likeness (QED) is 0.613. The molecular formula is C8H7BrClNO. The molecule has 0 heterocycles. The van der Waals surface area contributed by atoms with Gasteiger partial charge in [-0.3, -0.25) is 4.79 Å². The van der Waals surface area contributed by atoms with Crippen LogP contribution in [0.3, 0.4) is 0 Å². The highest BCUT2D eigenvalue weighted by molar-refractivity contribution is 9.10. The average molecular weight is 249 g/mol. The van der Waals surface area contributed by atoms with E-state index in [4.69, 9.17) is 17.3 Å². The SMILES string of the molecule is Cc1cc(Br)cc(C(=O)Cl)c1N. The van der Waals surface area contributed by atoms with E-state index in [1.807, 2.05) is 13.0 Å². The third kappa shape index (κ3) is 1.79. The Morgan fingerprint density at radius 3 is 2.67 bits per heavy atom. The number of benzene rings is 1. The van der Waals surface area contributed by atoms with Crippen molar-refractivity contribution in [2.45, 2.75) is 6.92 Å². The lowest BCUT2D eigenvalue weighted by Crippen LogP contribution is -1.99. The molecule has 64 valence electrons. The number of carbonyl (C=O) groups excluding carboxylic acids is 1. The molecule has 0 bridgehead atoms. The molecule has 0 saturated carbocycles. The maximum atomic E-state index is 10.8. The van der Waals surface area contributed by atoms with E-state index in [1.165, 1.54) is 0 Å². The fourth-order valence-corrected chi connectivity index (χ4v) is 1.65. The molecule has 0 saturated heterocycles. The number of hydrogen-bond donors (Lipinski definition) is 1. The van der Waals surface area contributed by atoms with Crippen molar-refractivity contribution in [1.29, 1.82) is 0 Å². The first kappa shape index (κ1) is 9.55. The normalized spacial score (nSPS) is 9.92. The van der Waals surface area contributed by atoms with Crippen LogP contribution in [0.5, 0.6) is 0 Å². The second-order valence-corrected chi connectivity index (χ2v) is 3.72. The molecule has 0 atom stereocenters. The standard InChI is InChI=1S/C8H7BrClNO/c1-4-2-5(9)3-6(7(4)11)8(10)12/h2-3H,11H2,1H3. The number of carbonyl (C=O) groups is 1. The van der Waals surface area contributed by atoms with Gasteiger partial charge in [0.15, 0.2) is 0 Å². The second kappa shape index (κ2) is 3.46. The van der Waals surface area contributed by atoms with Gasteiger partial charge < -0.3 is 5.73 Å². The van der Waals surface area contributed by atoms with Crippen LogP contribution in [0.4, 0.5) is 5.69 Å². The molecule has 12 heavy (non-hydrogen) atoms. The van der Waals surface area contributed by atoms with E-state index < -0.39 is 5.24 Å². The molecule has 1 aromatic rings. The van der Waals surface area contributed by atoms with Crippen molar-refractivity contribution >= 4 is 38.5 Å². The Balaban J connectivity index is 3.37. The summed E-state index contributed by atoms with van der Waals surface area (Å²) >= 11 is 8.56. The van der Waals surface area contributed by atoms with E-state index in [-0.39, 0.29) is 0 Å². The van der Waals surface area contributed by atoms with E-state index >= 15 is 0 Å². The predicted octanol–water partition coefficient (Wildman–Crippen LogP) is 2.72. The monoisotopic (exact) mass is 247 g/mol. The smallest absolute Gasteiger partial charge is 0.254 e. The molecule has 0 aliphatic heterocycles. The third-order valence-electron chi connectivity index (χ3n) is 1.56. The van der Waals surface area contributed by atoms with E-state index in [1.54, 1.807) is 6.07 Å². The number of rotatable bonds is 1. The number of halogens is 2. The zero-order chi connectivity index (χ0) is 9.30. The molecule has 2 N–H and O–H groups in total. The van der Waals surface area contributed by atoms with Gasteiger partial charge in [-0.1, -0.05) is 15.9 Å². The van der Waals surface area contributed by atoms with Gasteiger partial charge in [-0.15, -0.1) is 0 Å². The van der Waals surface area contributed by atoms with E-state index in [0.717, 1.165) is 10.0 Å². The topological polar surface area (TPSA) is 43.1 Å². The van der Waals surface area contributed by atoms with Crippen molar-refractivity contribution in [3.63, 3.8) is 0 Å². The second-order valence-electron chi connectivity index (χ2n) is 2.46. The minimum absolute atomic E-state index is 0.351. The van der Waals surface area contributed by atoms with Gasteiger partial charge >= 0.3 is 0 Å². The van der Waals surface area contributed by atoms with Crippen LogP contribution in [0, 0.1) is 6.92 Å². The summed E-state index contributed by atoms with van der Waals surface area (Å²) in [6, 6.07) is 3.44. The zero-order valence-corrected chi connectivity index (χ0v) is 8.74. The number of hydrogen-bond acceptors (Lipinski definition) is 2. The molecule has 0 aliphatic rings. The van der Waals surface area contributed by atoms with Gasteiger partial charge in [0.1, 0.15) is 0 Å². The van der Waals surface area contributed by atoms with Gasteiger partial charge in [0.05, 0.1) is 5.56 Å². The molecule has 0 radical (unpaired) electrons. The van der Waals surface area contributed by atoms with Crippen LogP contribution in [-0.2, 0) is 0 Å². The Labute approximate surface area is 83.8 Å². The molecule has 0 aliphatic carbocycles. The summed E-state index contributed by atoms with van der Waals surface area (Å²) in [5.41, 5.74) is 7.26. The first-order valence-corrected chi connectivity index (χ1v) is 4.45. The van der Waals surface area contributed by atoms with Crippen LogP contribution in [0.15, 0.2) is 16.6 Å². The van der Waals surface area contributed by atoms with Crippen molar-refractivity contribution in [3.8, 4) is 0 Å². The Kier molecular flexibility index (Phi) is 2.75. The molecule has 4 heteroatoms. The van der Waals surface area contributed by atoms with Gasteiger partial charge in [-0.05, 0) is 36.2 Å². The van der Waals surface area contributed by atoms with Crippen molar-refractivity contribution in [3.05, 3.63) is 27.7 Å². The largest absolute Gasteiger partial charge is 0.398 e. The summed E-state index contributed by atoms with van der Waals surface area (Å²) in [6.07, 6.45) is 0. The lowest BCUT2D eigenvalue weighted by molar-refractivity contribution is 0.108. The number of nitrogens with two attached hydrogens (primary N) is 1. The first-order chi connectivity index (χ1) is 5.52. The highest BCUT2D eigenvalue weighted by Gasteiger charge is 2.09. The fourth-order valence-electron chi connectivity index (χ4n) is 0.917. The molecule has 1 rings (SSSR count). The lowest BCUT2D eigenvalue weighted by Gasteiger charge is -2.04. The van der Waals surface area contributed by atoms with E-state index in [2.05, 4.69) is 15.9 Å². The summed E-state index contributed by atoms with van der Waals surface area (Å²) in [6.45, 7) is 1.82. The van der Waals surface area contributed by atoms with Crippen LogP contribution in [-0.4, -0.2) is 5.24 Å². The Morgan fingerprint density at radius 2 is 2.17 bits per heavy atom. The minimum atomic E-state index is -0.531. The minimum Gasteiger partial charge on any atom is -0.398 e. The van der Waals surface area contributed by atoms with Gasteiger partial charge in [0.2, 0.25) is 0 Å². The molecule has 0 fully saturated rings. The molecule has 0 aromatic heterocycles. The summed E-state index contributed by atoms with van der Waals surface area (Å²) < 4.78 is 0.804. The Hall–Kier alpha value is -0.540. The van der Waals surface area contributed by atoms with Crippen LogP contribution in [0.25, 0.3) is 0 Å². The predicted molar refractivity (Wildman–Crippen MR) is 53.5 cm³/mol. The number of aryl methyl sites for hydroxylation is 1. The number of anilines is 1. The highest BCUT2D eigenvalue weighted by atomic mass is 79.9. The summed E-state index contributed by atoms with van der Waals surface area (Å²) in [4.78, 5) is 10.8. The lowest BCUT2D eigenvalue weighted by atomic mass is 10.1. The molecular weight excluding hydrogens is 241 g/mol. The van der Waals surface area contributed by atoms with Crippen LogP contribution in [0.1, 0.15) is 15.9 Å². The maximum Gasteiger partial charge on any atom is 0.254 e. The number of nitrogen functional groups attached to an aromatic ring is 1. The molecule has 0 spiro atoms. The van der Waals surface area contributed by atoms with Gasteiger partial charge in [-0.25, -0.2) is 0 Å². The van der Waals surface area contributed by atoms with Crippen molar-refractivity contribution in [2.75, 3.05) is 5.73 Å². The van der Waals surface area contributed by atoms with Crippen LogP contribution < -0.4 is 5.73 Å². The Bertz CT molecular complexity index is 338. The third-order valence-corrected chi connectivity index (χ3v) is 2.22. The fraction of sp³-hybridized carbons (Fsp3) is 0.125. The summed E-state index contributed by atoms with van der Waals surface area (Å²) in [5.74, 6) is 0. The molecule has 0 amide bonds. The summed E-state index contributed by atoms with van der Waals surface area (Å²) in [5, 5.41) is -0.531. The van der Waals surface area contributed by atoms with Gasteiger partial charge in [0, 0.05) is 10.2 Å². The highest BCUT2D eigenvalue weighted by Crippen LogP contribution is 2.24. The molecule has 2 nitrogen and oxygen atoms in total. The summed E-state index contributed by atoms with van der Waals surface area (Å²) in [7, 11) is 0.